The van der Waals surface area contributed by atoms with E-state index in [4.69, 9.17) is 32.7 Å². The van der Waals surface area contributed by atoms with Crippen LogP contribution in [0.5, 0.6) is 0 Å². The summed E-state index contributed by atoms with van der Waals surface area (Å²) in [6.07, 6.45) is -0.359. The van der Waals surface area contributed by atoms with Crippen molar-refractivity contribution in [3.63, 3.8) is 0 Å². The first-order valence-corrected chi connectivity index (χ1v) is 10.5. The minimum absolute atomic E-state index is 0. The predicted octanol–water partition coefficient (Wildman–Crippen LogP) is 4.44. The first-order chi connectivity index (χ1) is 13.0. The Bertz CT molecular complexity index is 758. The van der Waals surface area contributed by atoms with Crippen molar-refractivity contribution >= 4 is 70.3 Å². The Morgan fingerprint density at radius 1 is 1.38 bits per heavy atom. The highest BCUT2D eigenvalue weighted by Gasteiger charge is 2.27. The van der Waals surface area contributed by atoms with Crippen molar-refractivity contribution in [2.45, 2.75) is 39.0 Å². The molecule has 1 atom stereocenters. The number of carbonyl (C=O) groups is 2. The number of ether oxygens (including phenoxy) is 2. The number of rotatable bonds is 5. The topological polar surface area (TPSA) is 88.1 Å². The van der Waals surface area contributed by atoms with Gasteiger partial charge >= 0.3 is 12.1 Å². The molecule has 0 saturated carbocycles. The smallest absolute Gasteiger partial charge is 0.410 e. The summed E-state index contributed by atoms with van der Waals surface area (Å²) in [5, 5.41) is 13.2. The molecular formula is C18H24Cl3IN2O5. The van der Waals surface area contributed by atoms with Crippen LogP contribution < -0.4 is 5.32 Å². The Morgan fingerprint density at radius 3 is 2.62 bits per heavy atom. The van der Waals surface area contributed by atoms with Crippen molar-refractivity contribution in [3.05, 3.63) is 30.8 Å². The Morgan fingerprint density at radius 2 is 2.03 bits per heavy atom. The molecule has 0 unspecified atom stereocenters. The summed E-state index contributed by atoms with van der Waals surface area (Å²) in [7, 11) is 0. The van der Waals surface area contributed by atoms with Crippen LogP contribution in [0, 0.1) is 3.57 Å². The highest BCUT2D eigenvalue weighted by Crippen LogP contribution is 2.33. The van der Waals surface area contributed by atoms with E-state index < -0.39 is 11.6 Å². The fraction of sp³-hybridized carbons (Fsp3) is 0.556. The number of carboxylic acids is 1. The molecule has 1 aliphatic rings. The van der Waals surface area contributed by atoms with Crippen LogP contribution in [-0.2, 0) is 16.1 Å². The zero-order valence-electron chi connectivity index (χ0n) is 16.3. The number of piperazine rings is 1. The van der Waals surface area contributed by atoms with E-state index in [1.807, 2.05) is 43.4 Å². The molecule has 1 saturated heterocycles. The van der Waals surface area contributed by atoms with Gasteiger partial charge < -0.3 is 24.8 Å². The highest BCUT2D eigenvalue weighted by atomic mass is 127. The van der Waals surface area contributed by atoms with Crippen molar-refractivity contribution in [1.82, 2.24) is 10.2 Å². The molecule has 1 heterocycles. The second-order valence-electron chi connectivity index (χ2n) is 7.41. The molecule has 7 nitrogen and oxygen atoms in total. The molecule has 0 radical (unpaired) electrons. The van der Waals surface area contributed by atoms with Gasteiger partial charge in [0.15, 0.2) is 0 Å². The number of carbonyl (C=O) groups excluding carboxylic acids is 1. The molecule has 2 N–H and O–H groups in total. The summed E-state index contributed by atoms with van der Waals surface area (Å²) in [5.74, 6) is -1.12. The van der Waals surface area contributed by atoms with Crippen LogP contribution in [-0.4, -0.2) is 60.0 Å². The van der Waals surface area contributed by atoms with Gasteiger partial charge in [-0.3, -0.25) is 0 Å². The van der Waals surface area contributed by atoms with Gasteiger partial charge in [0.25, 0.3) is 0 Å². The quantitative estimate of drug-likeness (QED) is 0.395. The lowest BCUT2D eigenvalue weighted by Crippen LogP contribution is -2.55. The standard InChI is InChI=1S/C18H23Cl2IN2O5.ClH/c1-18(2,3)28-17(26)23-5-4-22-10(7-23)8-27-9-12-11(16(24)25)6-13(19)15(21)14(12)20;/h6,10,22H,4-5,7-9H2,1-3H3,(H,24,25);1H/t10-;/m1./s1. The second kappa shape index (κ2) is 11.2. The largest absolute Gasteiger partial charge is 0.478 e. The molecule has 0 bridgehead atoms. The van der Waals surface area contributed by atoms with Gasteiger partial charge in [-0.25, -0.2) is 9.59 Å². The number of aromatic carboxylic acids is 1. The minimum Gasteiger partial charge on any atom is -0.478 e. The van der Waals surface area contributed by atoms with Crippen LogP contribution in [0.25, 0.3) is 0 Å². The van der Waals surface area contributed by atoms with Crippen molar-refractivity contribution in [2.24, 2.45) is 0 Å². The first kappa shape index (κ1) is 26.5. The fourth-order valence-electron chi connectivity index (χ4n) is 2.70. The lowest BCUT2D eigenvalue weighted by molar-refractivity contribution is 0.0126. The van der Waals surface area contributed by atoms with Crippen LogP contribution >= 0.6 is 58.2 Å². The first-order valence-electron chi connectivity index (χ1n) is 8.68. The van der Waals surface area contributed by atoms with E-state index in [-0.39, 0.29) is 53.4 Å². The summed E-state index contributed by atoms with van der Waals surface area (Å²) < 4.78 is 11.7. The van der Waals surface area contributed by atoms with Crippen molar-refractivity contribution < 1.29 is 24.2 Å². The minimum atomic E-state index is -1.12. The molecule has 1 aliphatic heterocycles. The summed E-state index contributed by atoms with van der Waals surface area (Å²) in [4.78, 5) is 25.4. The van der Waals surface area contributed by atoms with E-state index in [0.29, 0.717) is 28.8 Å². The van der Waals surface area contributed by atoms with Gasteiger partial charge in [0.2, 0.25) is 0 Å². The van der Waals surface area contributed by atoms with E-state index in [1.54, 1.807) is 4.90 Å². The zero-order valence-corrected chi connectivity index (χ0v) is 20.7. The summed E-state index contributed by atoms with van der Waals surface area (Å²) in [5.41, 5.74) is -0.158. The molecule has 1 aromatic rings. The summed E-state index contributed by atoms with van der Waals surface area (Å²) >= 11 is 14.3. The Labute approximate surface area is 199 Å². The molecule has 0 aromatic heterocycles. The number of carboxylic acid groups (broad SMARTS) is 1. The van der Waals surface area contributed by atoms with Crippen molar-refractivity contribution in [1.29, 1.82) is 0 Å². The van der Waals surface area contributed by atoms with Gasteiger partial charge in [0, 0.05) is 31.2 Å². The molecule has 2 rings (SSSR count). The summed E-state index contributed by atoms with van der Waals surface area (Å²) in [6.45, 7) is 7.39. The molecular weight excluding hydrogens is 557 g/mol. The Balaban J connectivity index is 0.00000420. The third-order valence-electron chi connectivity index (χ3n) is 3.97. The molecule has 1 fully saturated rings. The van der Waals surface area contributed by atoms with E-state index in [9.17, 15) is 14.7 Å². The second-order valence-corrected chi connectivity index (χ2v) is 9.27. The number of benzene rings is 1. The lowest BCUT2D eigenvalue weighted by Gasteiger charge is -2.34. The third-order valence-corrected chi connectivity index (χ3v) is 6.44. The Hall–Kier alpha value is -0.520. The maximum Gasteiger partial charge on any atom is 0.410 e. The molecule has 11 heteroatoms. The molecule has 1 amide bonds. The number of nitrogens with zero attached hydrogens (tertiary/aromatic N) is 1. The van der Waals surface area contributed by atoms with Gasteiger partial charge in [0.1, 0.15) is 5.60 Å². The number of hydrogen-bond donors (Lipinski definition) is 2. The monoisotopic (exact) mass is 580 g/mol. The molecule has 0 spiro atoms. The number of amides is 1. The van der Waals surface area contributed by atoms with Gasteiger partial charge in [0.05, 0.1) is 32.4 Å². The normalized spacial score (nSPS) is 16.9. The number of halogens is 4. The maximum absolute atomic E-state index is 12.2. The van der Waals surface area contributed by atoms with E-state index >= 15 is 0 Å². The van der Waals surface area contributed by atoms with Crippen LogP contribution in [0.4, 0.5) is 4.79 Å². The van der Waals surface area contributed by atoms with Gasteiger partial charge in [-0.1, -0.05) is 23.2 Å². The Kier molecular flexibility index (Phi) is 10.2. The lowest BCUT2D eigenvalue weighted by atomic mass is 10.1. The van der Waals surface area contributed by atoms with E-state index in [2.05, 4.69) is 5.32 Å². The van der Waals surface area contributed by atoms with Gasteiger partial charge in [-0.15, -0.1) is 12.4 Å². The number of nitrogens with one attached hydrogen (secondary N) is 1. The van der Waals surface area contributed by atoms with E-state index in [1.165, 1.54) is 6.07 Å². The van der Waals surface area contributed by atoms with Crippen LogP contribution in [0.3, 0.4) is 0 Å². The van der Waals surface area contributed by atoms with Gasteiger partial charge in [-0.05, 0) is 49.4 Å². The molecule has 1 aromatic carbocycles. The predicted molar refractivity (Wildman–Crippen MR) is 123 cm³/mol. The van der Waals surface area contributed by atoms with Crippen LogP contribution in [0.2, 0.25) is 10.0 Å². The highest BCUT2D eigenvalue weighted by molar-refractivity contribution is 14.1. The van der Waals surface area contributed by atoms with E-state index in [0.717, 1.165) is 0 Å². The average Bonchev–Trinajstić information content (AvgIpc) is 2.60. The van der Waals surface area contributed by atoms with Gasteiger partial charge in [-0.2, -0.15) is 0 Å². The zero-order chi connectivity index (χ0) is 21.1. The third kappa shape index (κ3) is 7.59. The molecule has 164 valence electrons. The fourth-order valence-corrected chi connectivity index (χ4v) is 3.69. The van der Waals surface area contributed by atoms with Crippen molar-refractivity contribution in [2.75, 3.05) is 26.2 Å². The SMILES string of the molecule is CC(C)(C)OC(=O)N1CCN[C@@H](COCc2c(C(=O)O)cc(Cl)c(I)c2Cl)C1.Cl. The number of hydrogen-bond acceptors (Lipinski definition) is 5. The van der Waals surface area contributed by atoms with Crippen LogP contribution in [0.15, 0.2) is 6.07 Å². The van der Waals surface area contributed by atoms with Crippen molar-refractivity contribution in [3.8, 4) is 0 Å². The molecule has 29 heavy (non-hydrogen) atoms. The van der Waals surface area contributed by atoms with Crippen LogP contribution in [0.1, 0.15) is 36.7 Å². The summed E-state index contributed by atoms with van der Waals surface area (Å²) in [6, 6.07) is 1.28. The maximum atomic E-state index is 12.2. The molecule has 0 aliphatic carbocycles. The average molecular weight is 582 g/mol.